The molecule has 1 aromatic heterocycles. The fourth-order valence-electron chi connectivity index (χ4n) is 4.77. The van der Waals surface area contributed by atoms with Crippen molar-refractivity contribution in [1.82, 2.24) is 20.7 Å². The molecule has 2 unspecified atom stereocenters. The molecule has 0 saturated carbocycles. The molecule has 160 valence electrons. The summed E-state index contributed by atoms with van der Waals surface area (Å²) in [6, 6.07) is 26.3. The van der Waals surface area contributed by atoms with Crippen molar-refractivity contribution in [3.8, 4) is 11.1 Å². The van der Waals surface area contributed by atoms with Gasteiger partial charge in [0, 0.05) is 50.9 Å². The van der Waals surface area contributed by atoms with Crippen LogP contribution >= 0.6 is 0 Å². The highest BCUT2D eigenvalue weighted by molar-refractivity contribution is 5.63. The van der Waals surface area contributed by atoms with Gasteiger partial charge in [-0.05, 0) is 35.7 Å². The van der Waals surface area contributed by atoms with E-state index in [-0.39, 0.29) is 0 Å². The van der Waals surface area contributed by atoms with Crippen molar-refractivity contribution in [2.24, 2.45) is 5.92 Å². The summed E-state index contributed by atoms with van der Waals surface area (Å²) in [5, 5.41) is 0. The number of rotatable bonds is 5. The van der Waals surface area contributed by atoms with E-state index >= 15 is 0 Å². The van der Waals surface area contributed by atoms with Gasteiger partial charge in [0.25, 0.3) is 0 Å². The first-order chi connectivity index (χ1) is 15.3. The van der Waals surface area contributed by atoms with E-state index in [0.29, 0.717) is 12.0 Å². The molecule has 31 heavy (non-hydrogen) atoms. The minimum Gasteiger partial charge on any atom is -0.354 e. The number of hydrogen-bond donors (Lipinski definition) is 2. The minimum atomic E-state index is 0.348. The number of pyridine rings is 1. The zero-order valence-corrected chi connectivity index (χ0v) is 18.2. The first-order valence-corrected chi connectivity index (χ1v) is 11.3. The molecule has 2 fully saturated rings. The summed E-state index contributed by atoms with van der Waals surface area (Å²) in [5.41, 5.74) is 11.9. The Morgan fingerprint density at radius 2 is 1.58 bits per heavy atom. The maximum Gasteiger partial charge on any atom is 0.128 e. The van der Waals surface area contributed by atoms with Gasteiger partial charge in [-0.3, -0.25) is 10.3 Å². The number of aromatic nitrogens is 1. The molecule has 5 heteroatoms. The van der Waals surface area contributed by atoms with E-state index in [2.05, 4.69) is 100 Å². The number of piperazine rings is 1. The number of nitrogens with one attached hydrogen (secondary N) is 2. The highest BCUT2D eigenvalue weighted by Crippen LogP contribution is 2.28. The van der Waals surface area contributed by atoms with E-state index in [1.807, 2.05) is 0 Å². The van der Waals surface area contributed by atoms with E-state index < -0.39 is 0 Å². The Kier molecular flexibility index (Phi) is 5.98. The second-order valence-corrected chi connectivity index (χ2v) is 8.68. The highest BCUT2D eigenvalue weighted by atomic mass is 15.4. The van der Waals surface area contributed by atoms with E-state index in [1.165, 1.54) is 16.7 Å². The molecule has 2 aliphatic rings. The Hall–Kier alpha value is -2.73. The maximum absolute atomic E-state index is 4.69. The molecule has 2 saturated heterocycles. The lowest BCUT2D eigenvalue weighted by molar-refractivity contribution is 0.214. The molecule has 0 aliphatic carbocycles. The van der Waals surface area contributed by atoms with Gasteiger partial charge >= 0.3 is 0 Å². The first-order valence-electron chi connectivity index (χ1n) is 11.3. The summed E-state index contributed by atoms with van der Waals surface area (Å²) in [5.74, 6) is 1.67. The molecule has 2 aliphatic heterocycles. The van der Waals surface area contributed by atoms with Crippen LogP contribution in [-0.2, 0) is 0 Å². The van der Waals surface area contributed by atoms with Gasteiger partial charge < -0.3 is 4.90 Å². The third-order valence-electron chi connectivity index (χ3n) is 6.53. The fraction of sp³-hybridized carbons (Fsp3) is 0.346. The zero-order chi connectivity index (χ0) is 21.0. The number of nitrogens with zero attached hydrogens (tertiary/aromatic N) is 3. The Morgan fingerprint density at radius 1 is 0.839 bits per heavy atom. The lowest BCUT2D eigenvalue weighted by atomic mass is 9.92. The van der Waals surface area contributed by atoms with Crippen LogP contribution in [0.25, 0.3) is 11.1 Å². The van der Waals surface area contributed by atoms with Crippen molar-refractivity contribution < 1.29 is 0 Å². The summed E-state index contributed by atoms with van der Waals surface area (Å²) >= 11 is 0. The number of hydrazine groups is 1. The molecule has 5 nitrogen and oxygen atoms in total. The van der Waals surface area contributed by atoms with Gasteiger partial charge in [0.1, 0.15) is 5.82 Å². The van der Waals surface area contributed by atoms with Crippen molar-refractivity contribution in [2.75, 3.05) is 44.2 Å². The Balaban J connectivity index is 1.19. The van der Waals surface area contributed by atoms with E-state index in [4.69, 9.17) is 4.98 Å². The molecule has 0 amide bonds. The summed E-state index contributed by atoms with van der Waals surface area (Å²) in [6.45, 7) is 8.44. The van der Waals surface area contributed by atoms with Crippen LogP contribution in [0.15, 0.2) is 72.8 Å². The lowest BCUT2D eigenvalue weighted by Crippen LogP contribution is -2.48. The smallest absolute Gasteiger partial charge is 0.128 e. The molecule has 0 spiro atoms. The standard InChI is InChI=1S/C26H31N5/c1-20-6-5-9-25(28-20)31-16-14-30(15-17-31)19-24-18-27-29-26(24)23-12-10-22(11-13-23)21-7-3-2-4-8-21/h2-13,24,26-27,29H,14-19H2,1H3. The topological polar surface area (TPSA) is 43.4 Å². The van der Waals surface area contributed by atoms with E-state index in [0.717, 1.165) is 50.8 Å². The highest BCUT2D eigenvalue weighted by Gasteiger charge is 2.31. The predicted molar refractivity (Wildman–Crippen MR) is 127 cm³/mol. The molecule has 2 N–H and O–H groups in total. The van der Waals surface area contributed by atoms with Gasteiger partial charge in [0.2, 0.25) is 0 Å². The number of aryl methyl sites for hydroxylation is 1. The Morgan fingerprint density at radius 3 is 2.32 bits per heavy atom. The second kappa shape index (κ2) is 9.18. The molecular formula is C26H31N5. The first kappa shape index (κ1) is 20.2. The van der Waals surface area contributed by atoms with Crippen molar-refractivity contribution >= 4 is 5.82 Å². The van der Waals surface area contributed by atoms with Gasteiger partial charge in [0.05, 0.1) is 6.04 Å². The lowest BCUT2D eigenvalue weighted by Gasteiger charge is -2.37. The van der Waals surface area contributed by atoms with Crippen LogP contribution in [0.2, 0.25) is 0 Å². The molecule has 2 aromatic carbocycles. The quantitative estimate of drug-likeness (QED) is 0.669. The molecule has 3 heterocycles. The van der Waals surface area contributed by atoms with Crippen molar-refractivity contribution in [2.45, 2.75) is 13.0 Å². The van der Waals surface area contributed by atoms with Crippen molar-refractivity contribution in [1.29, 1.82) is 0 Å². The van der Waals surface area contributed by atoms with Crippen LogP contribution in [-0.4, -0.2) is 49.2 Å². The van der Waals surface area contributed by atoms with Gasteiger partial charge in [0.15, 0.2) is 0 Å². The van der Waals surface area contributed by atoms with Gasteiger partial charge in [-0.2, -0.15) is 0 Å². The number of anilines is 1. The number of hydrogen-bond acceptors (Lipinski definition) is 5. The molecular weight excluding hydrogens is 382 g/mol. The largest absolute Gasteiger partial charge is 0.354 e. The average molecular weight is 414 g/mol. The Labute approximate surface area is 185 Å². The molecule has 5 rings (SSSR count). The van der Waals surface area contributed by atoms with Crippen LogP contribution < -0.4 is 15.8 Å². The van der Waals surface area contributed by atoms with Crippen LogP contribution in [0.1, 0.15) is 17.3 Å². The fourth-order valence-corrected chi connectivity index (χ4v) is 4.77. The van der Waals surface area contributed by atoms with Crippen LogP contribution in [0.3, 0.4) is 0 Å². The summed E-state index contributed by atoms with van der Waals surface area (Å²) in [7, 11) is 0. The third kappa shape index (κ3) is 4.64. The van der Waals surface area contributed by atoms with E-state index in [1.54, 1.807) is 0 Å². The second-order valence-electron chi connectivity index (χ2n) is 8.68. The van der Waals surface area contributed by atoms with Gasteiger partial charge in [-0.15, -0.1) is 0 Å². The average Bonchev–Trinajstić information content (AvgIpc) is 3.28. The van der Waals surface area contributed by atoms with Gasteiger partial charge in [-0.25, -0.2) is 10.4 Å². The third-order valence-corrected chi connectivity index (χ3v) is 6.53. The molecule has 2 atom stereocenters. The minimum absolute atomic E-state index is 0.348. The molecule has 0 radical (unpaired) electrons. The predicted octanol–water partition coefficient (Wildman–Crippen LogP) is 3.64. The normalized spacial score (nSPS) is 22.0. The van der Waals surface area contributed by atoms with Crippen LogP contribution in [0, 0.1) is 12.8 Å². The monoisotopic (exact) mass is 413 g/mol. The summed E-state index contributed by atoms with van der Waals surface area (Å²) in [6.07, 6.45) is 0. The molecule has 0 bridgehead atoms. The van der Waals surface area contributed by atoms with Crippen molar-refractivity contribution in [3.63, 3.8) is 0 Å². The SMILES string of the molecule is Cc1cccc(N2CCN(CC3CNNC3c3ccc(-c4ccccc4)cc3)CC2)n1. The maximum atomic E-state index is 4.69. The summed E-state index contributed by atoms with van der Waals surface area (Å²) in [4.78, 5) is 9.71. The van der Waals surface area contributed by atoms with Crippen LogP contribution in [0.5, 0.6) is 0 Å². The van der Waals surface area contributed by atoms with Crippen LogP contribution in [0.4, 0.5) is 5.82 Å². The van der Waals surface area contributed by atoms with E-state index in [9.17, 15) is 0 Å². The Bertz CT molecular complexity index is 980. The zero-order valence-electron chi connectivity index (χ0n) is 18.2. The molecule has 3 aromatic rings. The van der Waals surface area contributed by atoms with Crippen molar-refractivity contribution in [3.05, 3.63) is 84.1 Å². The number of benzene rings is 2. The van der Waals surface area contributed by atoms with Gasteiger partial charge in [-0.1, -0.05) is 60.7 Å². The summed E-state index contributed by atoms with van der Waals surface area (Å²) < 4.78 is 0.